The first-order valence-corrected chi connectivity index (χ1v) is 6.69. The van der Waals surface area contributed by atoms with E-state index in [1.54, 1.807) is 0 Å². The molecule has 1 rings (SSSR count). The van der Waals surface area contributed by atoms with Gasteiger partial charge in [0, 0.05) is 11.1 Å². The maximum Gasteiger partial charge on any atom is 0.0456 e. The van der Waals surface area contributed by atoms with Crippen molar-refractivity contribution in [1.82, 2.24) is 0 Å². The summed E-state index contributed by atoms with van der Waals surface area (Å²) in [5.74, 6) is 0. The summed E-state index contributed by atoms with van der Waals surface area (Å²) in [4.78, 5) is 0. The van der Waals surface area contributed by atoms with Crippen molar-refractivity contribution in [3.05, 3.63) is 34.3 Å². The van der Waals surface area contributed by atoms with Gasteiger partial charge in [-0.15, -0.1) is 0 Å². The molecular weight excluding hydrogens is 230 g/mol. The molecule has 1 unspecified atom stereocenters. The summed E-state index contributed by atoms with van der Waals surface area (Å²) >= 11 is 6.21. The van der Waals surface area contributed by atoms with Crippen LogP contribution in [0.2, 0.25) is 5.02 Å². The van der Waals surface area contributed by atoms with E-state index in [2.05, 4.69) is 32.9 Å². The summed E-state index contributed by atoms with van der Waals surface area (Å²) in [5, 5.41) is 0.799. The Morgan fingerprint density at radius 3 is 2.47 bits per heavy atom. The molecule has 0 aliphatic heterocycles. The van der Waals surface area contributed by atoms with Crippen molar-refractivity contribution in [1.29, 1.82) is 0 Å². The summed E-state index contributed by atoms with van der Waals surface area (Å²) in [5.41, 5.74) is 8.83. The third kappa shape index (κ3) is 5.10. The second-order valence-corrected chi connectivity index (χ2v) is 6.49. The van der Waals surface area contributed by atoms with E-state index >= 15 is 0 Å². The van der Waals surface area contributed by atoms with E-state index in [1.807, 2.05) is 13.0 Å². The molecule has 96 valence electrons. The first-order valence-electron chi connectivity index (χ1n) is 6.31. The van der Waals surface area contributed by atoms with Crippen molar-refractivity contribution in [2.75, 3.05) is 0 Å². The van der Waals surface area contributed by atoms with Gasteiger partial charge in [-0.05, 0) is 42.4 Å². The number of hydrogen-bond donors (Lipinski definition) is 1. The van der Waals surface area contributed by atoms with Gasteiger partial charge in [0.15, 0.2) is 0 Å². The lowest BCUT2D eigenvalue weighted by Crippen LogP contribution is -2.12. The minimum Gasteiger partial charge on any atom is -0.324 e. The average molecular weight is 254 g/mol. The summed E-state index contributed by atoms with van der Waals surface area (Å²) in [7, 11) is 0. The molecule has 1 aromatic carbocycles. The van der Waals surface area contributed by atoms with Crippen LogP contribution in [0.5, 0.6) is 0 Å². The molecule has 0 aromatic heterocycles. The second-order valence-electron chi connectivity index (χ2n) is 6.08. The average Bonchev–Trinajstić information content (AvgIpc) is 2.15. The molecule has 2 heteroatoms. The molecule has 0 heterocycles. The Morgan fingerprint density at radius 1 is 1.29 bits per heavy atom. The van der Waals surface area contributed by atoms with Gasteiger partial charge in [-0.3, -0.25) is 0 Å². The van der Waals surface area contributed by atoms with Crippen LogP contribution in [0.3, 0.4) is 0 Å². The van der Waals surface area contributed by atoms with Crippen molar-refractivity contribution in [2.24, 2.45) is 11.1 Å². The number of aryl methyl sites for hydroxylation is 1. The van der Waals surface area contributed by atoms with Gasteiger partial charge in [0.25, 0.3) is 0 Å². The van der Waals surface area contributed by atoms with E-state index < -0.39 is 0 Å². The molecule has 17 heavy (non-hydrogen) atoms. The number of halogens is 1. The Hall–Kier alpha value is -0.530. The molecule has 2 N–H and O–H groups in total. The van der Waals surface area contributed by atoms with E-state index in [1.165, 1.54) is 12.0 Å². The molecular formula is C15H24ClN. The van der Waals surface area contributed by atoms with Gasteiger partial charge in [0.05, 0.1) is 0 Å². The predicted octanol–water partition coefficient (Wildman–Crippen LogP) is 4.86. The molecule has 1 nitrogen and oxygen atoms in total. The molecule has 0 radical (unpaired) electrons. The van der Waals surface area contributed by atoms with Crippen LogP contribution < -0.4 is 5.73 Å². The molecule has 0 aliphatic carbocycles. The smallest absolute Gasteiger partial charge is 0.0456 e. The van der Waals surface area contributed by atoms with E-state index in [4.69, 9.17) is 17.3 Å². The van der Waals surface area contributed by atoms with E-state index in [0.29, 0.717) is 5.41 Å². The minimum absolute atomic E-state index is 0.0606. The van der Waals surface area contributed by atoms with E-state index in [0.717, 1.165) is 23.4 Å². The first-order chi connectivity index (χ1) is 7.79. The molecule has 0 fully saturated rings. The minimum atomic E-state index is 0.0606. The molecule has 0 saturated carbocycles. The maximum atomic E-state index is 6.21. The topological polar surface area (TPSA) is 26.0 Å². The van der Waals surface area contributed by atoms with Gasteiger partial charge in [-0.2, -0.15) is 0 Å². The highest BCUT2D eigenvalue weighted by molar-refractivity contribution is 6.31. The van der Waals surface area contributed by atoms with Crippen LogP contribution in [-0.4, -0.2) is 0 Å². The second kappa shape index (κ2) is 5.88. The summed E-state index contributed by atoms with van der Waals surface area (Å²) < 4.78 is 0. The fraction of sp³-hybridized carbons (Fsp3) is 0.600. The molecule has 0 amide bonds. The first kappa shape index (κ1) is 14.5. The van der Waals surface area contributed by atoms with Gasteiger partial charge in [-0.1, -0.05) is 50.9 Å². The Labute approximate surface area is 110 Å². The zero-order chi connectivity index (χ0) is 13.1. The maximum absolute atomic E-state index is 6.21. The summed E-state index contributed by atoms with van der Waals surface area (Å²) in [6.45, 7) is 8.83. The monoisotopic (exact) mass is 253 g/mol. The lowest BCUT2D eigenvalue weighted by Gasteiger charge is -2.20. The van der Waals surface area contributed by atoms with Crippen LogP contribution in [0.1, 0.15) is 57.2 Å². The van der Waals surface area contributed by atoms with Gasteiger partial charge in [0.1, 0.15) is 0 Å². The Bertz CT molecular complexity index is 366. The zero-order valence-electron chi connectivity index (χ0n) is 11.4. The van der Waals surface area contributed by atoms with Gasteiger partial charge < -0.3 is 5.73 Å². The Kier molecular flexibility index (Phi) is 5.03. The molecule has 0 aliphatic rings. The van der Waals surface area contributed by atoms with Crippen molar-refractivity contribution in [3.8, 4) is 0 Å². The quantitative estimate of drug-likeness (QED) is 0.814. The molecule has 1 atom stereocenters. The van der Waals surface area contributed by atoms with E-state index in [-0.39, 0.29) is 6.04 Å². The predicted molar refractivity (Wildman–Crippen MR) is 76.4 cm³/mol. The van der Waals surface area contributed by atoms with Crippen molar-refractivity contribution in [2.45, 2.75) is 53.0 Å². The summed E-state index contributed by atoms with van der Waals surface area (Å²) in [6.07, 6.45) is 3.35. The number of hydrogen-bond acceptors (Lipinski definition) is 1. The fourth-order valence-corrected chi connectivity index (χ4v) is 2.32. The SMILES string of the molecule is Cc1ccc(C(N)CCCC(C)(C)C)c(Cl)c1. The molecule has 0 bridgehead atoms. The zero-order valence-corrected chi connectivity index (χ0v) is 12.1. The Balaban J connectivity index is 2.55. The van der Waals surface area contributed by atoms with Crippen LogP contribution in [0.15, 0.2) is 18.2 Å². The third-order valence-corrected chi connectivity index (χ3v) is 3.32. The van der Waals surface area contributed by atoms with Crippen molar-refractivity contribution in [3.63, 3.8) is 0 Å². The largest absolute Gasteiger partial charge is 0.324 e. The molecule has 0 saturated heterocycles. The van der Waals surface area contributed by atoms with Crippen LogP contribution in [0.4, 0.5) is 0 Å². The van der Waals surface area contributed by atoms with Crippen LogP contribution in [0, 0.1) is 12.3 Å². The van der Waals surface area contributed by atoms with Crippen LogP contribution in [-0.2, 0) is 0 Å². The number of benzene rings is 1. The normalized spacial score (nSPS) is 13.8. The Morgan fingerprint density at radius 2 is 1.94 bits per heavy atom. The van der Waals surface area contributed by atoms with Gasteiger partial charge >= 0.3 is 0 Å². The number of nitrogens with two attached hydrogens (primary N) is 1. The van der Waals surface area contributed by atoms with Crippen LogP contribution in [0.25, 0.3) is 0 Å². The highest BCUT2D eigenvalue weighted by atomic mass is 35.5. The number of rotatable bonds is 4. The molecule has 0 spiro atoms. The molecule has 1 aromatic rings. The van der Waals surface area contributed by atoms with Crippen molar-refractivity contribution >= 4 is 11.6 Å². The van der Waals surface area contributed by atoms with Gasteiger partial charge in [0.2, 0.25) is 0 Å². The lowest BCUT2D eigenvalue weighted by molar-refractivity contribution is 0.353. The summed E-state index contributed by atoms with van der Waals surface area (Å²) in [6, 6.07) is 6.18. The van der Waals surface area contributed by atoms with Crippen molar-refractivity contribution < 1.29 is 0 Å². The highest BCUT2D eigenvalue weighted by Crippen LogP contribution is 2.28. The van der Waals surface area contributed by atoms with Gasteiger partial charge in [-0.25, -0.2) is 0 Å². The van der Waals surface area contributed by atoms with E-state index in [9.17, 15) is 0 Å². The van der Waals surface area contributed by atoms with Crippen LogP contribution >= 0.6 is 11.6 Å². The lowest BCUT2D eigenvalue weighted by atomic mass is 9.88. The highest BCUT2D eigenvalue weighted by Gasteiger charge is 2.13. The standard InChI is InChI=1S/C15H24ClN/c1-11-7-8-12(13(16)10-11)14(17)6-5-9-15(2,3)4/h7-8,10,14H,5-6,9,17H2,1-4H3. The fourth-order valence-electron chi connectivity index (χ4n) is 1.94. The third-order valence-electron chi connectivity index (χ3n) is 3.00.